The maximum absolute atomic E-state index is 6.14. The summed E-state index contributed by atoms with van der Waals surface area (Å²) in [7, 11) is 0. The highest BCUT2D eigenvalue weighted by molar-refractivity contribution is 6.42. The van der Waals surface area contributed by atoms with Crippen molar-refractivity contribution in [3.63, 3.8) is 0 Å². The van der Waals surface area contributed by atoms with Crippen LogP contribution < -0.4 is 5.32 Å². The standard InChI is InChI=1S/C19H27Cl2N/c1-4-14-8-6-7-11-19(3,13-14)18(5-2)22-15-9-10-16(20)17(21)12-15/h5,9-10,12,14,22H,4,6-8,11,13H2,1-3H3/b18-5-. The molecule has 1 N–H and O–H groups in total. The van der Waals surface area contributed by atoms with Crippen LogP contribution >= 0.6 is 23.2 Å². The molecule has 2 unspecified atom stereocenters. The molecule has 0 saturated heterocycles. The lowest BCUT2D eigenvalue weighted by Crippen LogP contribution is -2.26. The molecule has 1 saturated carbocycles. The zero-order chi connectivity index (χ0) is 16.2. The minimum atomic E-state index is 0.220. The van der Waals surface area contributed by atoms with Gasteiger partial charge in [0.15, 0.2) is 0 Å². The Morgan fingerprint density at radius 1 is 1.32 bits per heavy atom. The summed E-state index contributed by atoms with van der Waals surface area (Å²) in [6, 6.07) is 5.75. The minimum Gasteiger partial charge on any atom is -0.359 e. The third-order valence-electron chi connectivity index (χ3n) is 5.04. The fourth-order valence-electron chi connectivity index (χ4n) is 3.68. The second kappa shape index (κ2) is 7.75. The number of nitrogens with one attached hydrogen (secondary N) is 1. The Balaban J connectivity index is 2.20. The van der Waals surface area contributed by atoms with Gasteiger partial charge in [-0.1, -0.05) is 68.8 Å². The van der Waals surface area contributed by atoms with Crippen LogP contribution in [0, 0.1) is 11.3 Å². The van der Waals surface area contributed by atoms with Crippen LogP contribution in [0.25, 0.3) is 0 Å². The molecule has 1 nitrogen and oxygen atoms in total. The highest BCUT2D eigenvalue weighted by atomic mass is 35.5. The number of hydrogen-bond donors (Lipinski definition) is 1. The number of allylic oxidation sites excluding steroid dienone is 2. The van der Waals surface area contributed by atoms with Crippen molar-refractivity contribution in [3.8, 4) is 0 Å². The first-order chi connectivity index (χ1) is 10.5. The van der Waals surface area contributed by atoms with Gasteiger partial charge in [-0.3, -0.25) is 0 Å². The average Bonchev–Trinajstić information content (AvgIpc) is 2.70. The Bertz CT molecular complexity index is 538. The van der Waals surface area contributed by atoms with E-state index in [0.29, 0.717) is 10.0 Å². The van der Waals surface area contributed by atoms with Crippen LogP contribution in [0.1, 0.15) is 59.3 Å². The van der Waals surface area contributed by atoms with Crippen LogP contribution in [0.2, 0.25) is 10.0 Å². The molecule has 2 atom stereocenters. The van der Waals surface area contributed by atoms with Gasteiger partial charge in [-0.15, -0.1) is 0 Å². The number of hydrogen-bond acceptors (Lipinski definition) is 1. The molecule has 2 rings (SSSR count). The Morgan fingerprint density at radius 2 is 2.09 bits per heavy atom. The van der Waals surface area contributed by atoms with Crippen molar-refractivity contribution in [2.75, 3.05) is 5.32 Å². The maximum Gasteiger partial charge on any atom is 0.0612 e. The molecule has 0 amide bonds. The molecule has 0 aromatic heterocycles. The quantitative estimate of drug-likeness (QED) is 0.567. The summed E-state index contributed by atoms with van der Waals surface area (Å²) in [5.74, 6) is 0.832. The molecule has 22 heavy (non-hydrogen) atoms. The third kappa shape index (κ3) is 4.20. The summed E-state index contributed by atoms with van der Waals surface area (Å²) < 4.78 is 0. The van der Waals surface area contributed by atoms with Crippen LogP contribution in [-0.2, 0) is 0 Å². The summed E-state index contributed by atoms with van der Waals surface area (Å²) in [6.07, 6.45) is 10.1. The van der Waals surface area contributed by atoms with Gasteiger partial charge < -0.3 is 5.32 Å². The molecule has 0 radical (unpaired) electrons. The molecule has 1 aromatic carbocycles. The van der Waals surface area contributed by atoms with E-state index in [0.717, 1.165) is 11.6 Å². The SMILES string of the molecule is C/C=C(\Nc1ccc(Cl)c(Cl)c1)C1(C)CCCCC(CC)C1. The van der Waals surface area contributed by atoms with E-state index in [1.54, 1.807) is 0 Å². The fraction of sp³-hybridized carbons (Fsp3) is 0.579. The second-order valence-corrected chi connectivity index (χ2v) is 7.56. The molecule has 3 heteroatoms. The Kier molecular flexibility index (Phi) is 6.23. The van der Waals surface area contributed by atoms with Crippen molar-refractivity contribution in [2.24, 2.45) is 11.3 Å². The van der Waals surface area contributed by atoms with Gasteiger partial charge in [0.25, 0.3) is 0 Å². The van der Waals surface area contributed by atoms with Gasteiger partial charge in [0.1, 0.15) is 0 Å². The average molecular weight is 340 g/mol. The van der Waals surface area contributed by atoms with Gasteiger partial charge in [-0.05, 0) is 43.9 Å². The number of anilines is 1. The summed E-state index contributed by atoms with van der Waals surface area (Å²) in [5, 5.41) is 4.79. The second-order valence-electron chi connectivity index (χ2n) is 6.74. The van der Waals surface area contributed by atoms with E-state index in [4.69, 9.17) is 23.2 Å². The Hall–Kier alpha value is -0.660. The van der Waals surface area contributed by atoms with E-state index in [2.05, 4.69) is 32.2 Å². The number of halogens is 2. The topological polar surface area (TPSA) is 12.0 Å². The van der Waals surface area contributed by atoms with E-state index in [9.17, 15) is 0 Å². The van der Waals surface area contributed by atoms with Crippen LogP contribution in [-0.4, -0.2) is 0 Å². The lowest BCUT2D eigenvalue weighted by atomic mass is 9.75. The summed E-state index contributed by atoms with van der Waals surface area (Å²) >= 11 is 12.2. The van der Waals surface area contributed by atoms with E-state index < -0.39 is 0 Å². The summed E-state index contributed by atoms with van der Waals surface area (Å²) in [4.78, 5) is 0. The molecule has 0 spiro atoms. The van der Waals surface area contributed by atoms with E-state index in [1.165, 1.54) is 44.2 Å². The third-order valence-corrected chi connectivity index (χ3v) is 5.78. The molecular weight excluding hydrogens is 313 g/mol. The van der Waals surface area contributed by atoms with Crippen molar-refractivity contribution >= 4 is 28.9 Å². The first-order valence-electron chi connectivity index (χ1n) is 8.37. The number of rotatable bonds is 4. The highest BCUT2D eigenvalue weighted by Gasteiger charge is 2.33. The van der Waals surface area contributed by atoms with Crippen LogP contribution in [0.3, 0.4) is 0 Å². The highest BCUT2D eigenvalue weighted by Crippen LogP contribution is 2.44. The van der Waals surface area contributed by atoms with Crippen molar-refractivity contribution in [2.45, 2.75) is 59.3 Å². The van der Waals surface area contributed by atoms with Gasteiger partial charge in [0, 0.05) is 16.8 Å². The largest absolute Gasteiger partial charge is 0.359 e. The van der Waals surface area contributed by atoms with Crippen LogP contribution in [0.4, 0.5) is 5.69 Å². The molecule has 0 aliphatic heterocycles. The van der Waals surface area contributed by atoms with Crippen molar-refractivity contribution in [3.05, 3.63) is 40.0 Å². The zero-order valence-electron chi connectivity index (χ0n) is 13.9. The van der Waals surface area contributed by atoms with E-state index in [-0.39, 0.29) is 5.41 Å². The van der Waals surface area contributed by atoms with Gasteiger partial charge in [0.2, 0.25) is 0 Å². The first-order valence-corrected chi connectivity index (χ1v) is 9.13. The van der Waals surface area contributed by atoms with Gasteiger partial charge in [0.05, 0.1) is 10.0 Å². The molecule has 1 aliphatic carbocycles. The monoisotopic (exact) mass is 339 g/mol. The normalized spacial score (nSPS) is 26.6. The van der Waals surface area contributed by atoms with Gasteiger partial charge >= 0.3 is 0 Å². The molecule has 122 valence electrons. The van der Waals surface area contributed by atoms with Gasteiger partial charge in [-0.25, -0.2) is 0 Å². The lowest BCUT2D eigenvalue weighted by molar-refractivity contribution is 0.286. The molecule has 1 fully saturated rings. The van der Waals surface area contributed by atoms with Crippen molar-refractivity contribution in [1.82, 2.24) is 0 Å². The van der Waals surface area contributed by atoms with Crippen LogP contribution in [0.5, 0.6) is 0 Å². The minimum absolute atomic E-state index is 0.220. The Labute approximate surface area is 145 Å². The van der Waals surface area contributed by atoms with E-state index >= 15 is 0 Å². The van der Waals surface area contributed by atoms with Crippen molar-refractivity contribution in [1.29, 1.82) is 0 Å². The Morgan fingerprint density at radius 3 is 2.73 bits per heavy atom. The molecular formula is C19H27Cl2N. The predicted octanol–water partition coefficient (Wildman–Crippen LogP) is 7.31. The van der Waals surface area contributed by atoms with Crippen molar-refractivity contribution < 1.29 is 0 Å². The van der Waals surface area contributed by atoms with E-state index in [1.807, 2.05) is 18.2 Å². The molecule has 1 aliphatic rings. The maximum atomic E-state index is 6.14. The molecule has 0 bridgehead atoms. The molecule has 1 aromatic rings. The molecule has 0 heterocycles. The summed E-state index contributed by atoms with van der Waals surface area (Å²) in [6.45, 7) is 6.84. The predicted molar refractivity (Wildman–Crippen MR) is 98.8 cm³/mol. The van der Waals surface area contributed by atoms with Crippen LogP contribution in [0.15, 0.2) is 30.0 Å². The summed E-state index contributed by atoms with van der Waals surface area (Å²) in [5.41, 5.74) is 2.55. The van der Waals surface area contributed by atoms with Gasteiger partial charge in [-0.2, -0.15) is 0 Å². The first kappa shape index (κ1) is 17.7. The number of benzene rings is 1. The smallest absolute Gasteiger partial charge is 0.0612 e. The lowest BCUT2D eigenvalue weighted by Gasteiger charge is -2.34. The zero-order valence-corrected chi connectivity index (χ0v) is 15.4. The fourth-order valence-corrected chi connectivity index (χ4v) is 3.98.